The second-order valence-corrected chi connectivity index (χ2v) is 2.70. The summed E-state index contributed by atoms with van der Waals surface area (Å²) in [5.74, 6) is 0.519. The summed E-state index contributed by atoms with van der Waals surface area (Å²) in [5.41, 5.74) is 0. The first-order valence-electron chi connectivity index (χ1n) is 3.39. The third kappa shape index (κ3) is 0.645. The predicted molar refractivity (Wildman–Crippen MR) is 32.9 cm³/mol. The van der Waals surface area contributed by atoms with Crippen LogP contribution in [0.2, 0.25) is 0 Å². The molecule has 2 N–H and O–H groups in total. The Kier molecular flexibility index (Phi) is 0.990. The van der Waals surface area contributed by atoms with E-state index in [0.29, 0.717) is 12.0 Å². The van der Waals surface area contributed by atoms with Gasteiger partial charge in [0.15, 0.2) is 0 Å². The Hall–Kier alpha value is -0.570. The average Bonchev–Trinajstić information content (AvgIpc) is 1.74. The van der Waals surface area contributed by atoms with Gasteiger partial charge in [-0.15, -0.1) is 0 Å². The Morgan fingerprint density at radius 2 is 2.33 bits per heavy atom. The molecule has 1 amide bonds. The van der Waals surface area contributed by atoms with Gasteiger partial charge >= 0.3 is 0 Å². The zero-order chi connectivity index (χ0) is 6.27. The van der Waals surface area contributed by atoms with Gasteiger partial charge in [-0.05, 0) is 13.0 Å². The molecular formula is C6H10N2O. The monoisotopic (exact) mass is 126 g/mol. The Morgan fingerprint density at radius 3 is 2.44 bits per heavy atom. The fourth-order valence-electron chi connectivity index (χ4n) is 1.28. The molecule has 0 aromatic carbocycles. The van der Waals surface area contributed by atoms with Crippen molar-refractivity contribution in [3.8, 4) is 0 Å². The van der Waals surface area contributed by atoms with Gasteiger partial charge in [0.2, 0.25) is 5.91 Å². The van der Waals surface area contributed by atoms with E-state index in [4.69, 9.17) is 0 Å². The molecule has 2 aliphatic rings. The Morgan fingerprint density at radius 1 is 1.56 bits per heavy atom. The molecule has 2 saturated heterocycles. The third-order valence-electron chi connectivity index (χ3n) is 2.18. The second kappa shape index (κ2) is 1.70. The normalized spacial score (nSPS) is 40.7. The van der Waals surface area contributed by atoms with Gasteiger partial charge in [-0.2, -0.15) is 0 Å². The maximum atomic E-state index is 10.7. The van der Waals surface area contributed by atoms with Crippen molar-refractivity contribution in [2.75, 3.05) is 13.1 Å². The molecule has 2 atom stereocenters. The van der Waals surface area contributed by atoms with Crippen LogP contribution >= 0.6 is 0 Å². The van der Waals surface area contributed by atoms with Gasteiger partial charge in [0.1, 0.15) is 0 Å². The molecule has 0 saturated carbocycles. The number of carbonyl (C=O) groups is 1. The number of β-lactam (4-membered cyclic amide) rings is 1. The molecule has 50 valence electrons. The molecule has 2 heterocycles. The van der Waals surface area contributed by atoms with Crippen molar-refractivity contribution in [2.45, 2.75) is 12.5 Å². The van der Waals surface area contributed by atoms with Crippen LogP contribution in [0.3, 0.4) is 0 Å². The maximum absolute atomic E-state index is 10.7. The van der Waals surface area contributed by atoms with Gasteiger partial charge in [-0.25, -0.2) is 0 Å². The van der Waals surface area contributed by atoms with Crippen molar-refractivity contribution >= 4 is 5.91 Å². The van der Waals surface area contributed by atoms with E-state index in [-0.39, 0.29) is 5.91 Å². The molecule has 0 aromatic heterocycles. The SMILES string of the molecule is O=C1NCC1C1CCN1. The number of hydrogen-bond donors (Lipinski definition) is 2. The third-order valence-corrected chi connectivity index (χ3v) is 2.18. The molecule has 2 fully saturated rings. The minimum absolute atomic E-state index is 0.229. The van der Waals surface area contributed by atoms with Crippen LogP contribution in [0.25, 0.3) is 0 Å². The lowest BCUT2D eigenvalue weighted by Gasteiger charge is -2.39. The van der Waals surface area contributed by atoms with E-state index in [1.807, 2.05) is 0 Å². The lowest BCUT2D eigenvalue weighted by molar-refractivity contribution is -0.133. The minimum Gasteiger partial charge on any atom is -0.355 e. The van der Waals surface area contributed by atoms with Crippen molar-refractivity contribution in [1.82, 2.24) is 10.6 Å². The van der Waals surface area contributed by atoms with Crippen molar-refractivity contribution in [3.63, 3.8) is 0 Å². The molecule has 2 aliphatic heterocycles. The van der Waals surface area contributed by atoms with E-state index in [1.54, 1.807) is 0 Å². The van der Waals surface area contributed by atoms with Gasteiger partial charge in [0, 0.05) is 12.6 Å². The minimum atomic E-state index is 0.229. The summed E-state index contributed by atoms with van der Waals surface area (Å²) in [6.07, 6.45) is 1.18. The zero-order valence-electron chi connectivity index (χ0n) is 5.18. The van der Waals surface area contributed by atoms with Crippen LogP contribution in [-0.4, -0.2) is 25.0 Å². The summed E-state index contributed by atoms with van der Waals surface area (Å²) < 4.78 is 0. The molecule has 0 spiro atoms. The number of amides is 1. The second-order valence-electron chi connectivity index (χ2n) is 2.70. The van der Waals surface area contributed by atoms with Crippen LogP contribution in [0.5, 0.6) is 0 Å². The average molecular weight is 126 g/mol. The van der Waals surface area contributed by atoms with E-state index in [1.165, 1.54) is 6.42 Å². The first kappa shape index (κ1) is 5.23. The highest BCUT2D eigenvalue weighted by Crippen LogP contribution is 2.18. The Bertz CT molecular complexity index is 142. The summed E-state index contributed by atoms with van der Waals surface area (Å²) in [5, 5.41) is 5.95. The van der Waals surface area contributed by atoms with Gasteiger partial charge in [-0.3, -0.25) is 4.79 Å². The molecule has 0 bridgehead atoms. The highest BCUT2D eigenvalue weighted by atomic mass is 16.2. The van der Waals surface area contributed by atoms with Crippen LogP contribution in [0.15, 0.2) is 0 Å². The van der Waals surface area contributed by atoms with Gasteiger partial charge in [-0.1, -0.05) is 0 Å². The number of nitrogens with one attached hydrogen (secondary N) is 2. The summed E-state index contributed by atoms with van der Waals surface area (Å²) in [7, 11) is 0. The van der Waals surface area contributed by atoms with Crippen molar-refractivity contribution in [1.29, 1.82) is 0 Å². The molecule has 0 aromatic rings. The topological polar surface area (TPSA) is 41.1 Å². The lowest BCUT2D eigenvalue weighted by Crippen LogP contribution is -2.62. The van der Waals surface area contributed by atoms with E-state index < -0.39 is 0 Å². The summed E-state index contributed by atoms with van der Waals surface area (Å²) in [4.78, 5) is 10.7. The van der Waals surface area contributed by atoms with Crippen molar-refractivity contribution < 1.29 is 4.79 Å². The van der Waals surface area contributed by atoms with E-state index in [0.717, 1.165) is 13.1 Å². The first-order valence-corrected chi connectivity index (χ1v) is 3.39. The maximum Gasteiger partial charge on any atom is 0.226 e. The number of hydrogen-bond acceptors (Lipinski definition) is 2. The summed E-state index contributed by atoms with van der Waals surface area (Å²) >= 11 is 0. The van der Waals surface area contributed by atoms with Crippen molar-refractivity contribution in [3.05, 3.63) is 0 Å². The van der Waals surface area contributed by atoms with E-state index >= 15 is 0 Å². The van der Waals surface area contributed by atoms with Crippen molar-refractivity contribution in [2.24, 2.45) is 5.92 Å². The Balaban J connectivity index is 1.90. The fourth-order valence-corrected chi connectivity index (χ4v) is 1.28. The van der Waals surface area contributed by atoms with E-state index in [2.05, 4.69) is 10.6 Å². The molecule has 9 heavy (non-hydrogen) atoms. The molecule has 0 radical (unpaired) electrons. The van der Waals surface area contributed by atoms with E-state index in [9.17, 15) is 4.79 Å². The molecular weight excluding hydrogens is 116 g/mol. The van der Waals surface area contributed by atoms with Gasteiger partial charge in [0.05, 0.1) is 5.92 Å². The summed E-state index contributed by atoms with van der Waals surface area (Å²) in [6, 6.07) is 0.499. The van der Waals surface area contributed by atoms with Crippen LogP contribution in [-0.2, 0) is 4.79 Å². The Labute approximate surface area is 53.8 Å². The fraction of sp³-hybridized carbons (Fsp3) is 0.833. The zero-order valence-corrected chi connectivity index (χ0v) is 5.18. The molecule has 2 rings (SSSR count). The molecule has 0 aliphatic carbocycles. The quantitative estimate of drug-likeness (QED) is 0.447. The lowest BCUT2D eigenvalue weighted by atomic mass is 9.87. The van der Waals surface area contributed by atoms with Crippen LogP contribution in [0.4, 0.5) is 0 Å². The van der Waals surface area contributed by atoms with Gasteiger partial charge in [0.25, 0.3) is 0 Å². The predicted octanol–water partition coefficient (Wildman–Crippen LogP) is -0.906. The van der Waals surface area contributed by atoms with Crippen LogP contribution < -0.4 is 10.6 Å². The van der Waals surface area contributed by atoms with Crippen LogP contribution in [0.1, 0.15) is 6.42 Å². The standard InChI is InChI=1S/C6H10N2O/c9-6-4(3-8-6)5-1-2-7-5/h4-5,7H,1-3H2,(H,8,9). The molecule has 3 nitrogen and oxygen atoms in total. The smallest absolute Gasteiger partial charge is 0.226 e. The number of rotatable bonds is 1. The number of carbonyl (C=O) groups excluding carboxylic acids is 1. The van der Waals surface area contributed by atoms with Crippen LogP contribution in [0, 0.1) is 5.92 Å². The molecule has 3 heteroatoms. The first-order chi connectivity index (χ1) is 4.38. The van der Waals surface area contributed by atoms with Gasteiger partial charge < -0.3 is 10.6 Å². The summed E-state index contributed by atoms with van der Waals surface area (Å²) in [6.45, 7) is 1.98. The highest BCUT2D eigenvalue weighted by molar-refractivity contribution is 5.85. The molecule has 2 unspecified atom stereocenters. The largest absolute Gasteiger partial charge is 0.355 e. The highest BCUT2D eigenvalue weighted by Gasteiger charge is 2.37.